The highest BCUT2D eigenvalue weighted by Crippen LogP contribution is 2.35. The molecular formula is C15H16N2S2. The van der Waals surface area contributed by atoms with Crippen molar-refractivity contribution in [2.45, 2.75) is 19.9 Å². The Labute approximate surface area is 121 Å². The van der Waals surface area contributed by atoms with Crippen LogP contribution in [0, 0.1) is 6.92 Å². The van der Waals surface area contributed by atoms with Gasteiger partial charge in [0.15, 0.2) is 0 Å². The summed E-state index contributed by atoms with van der Waals surface area (Å²) in [6, 6.07) is 6.97. The molecule has 3 rings (SSSR count). The molecule has 3 heterocycles. The molecule has 3 aromatic rings. The summed E-state index contributed by atoms with van der Waals surface area (Å²) < 4.78 is 2.76. The van der Waals surface area contributed by atoms with Gasteiger partial charge in [-0.25, -0.2) is 0 Å². The molecular weight excluding hydrogens is 272 g/mol. The van der Waals surface area contributed by atoms with Crippen LogP contribution in [-0.4, -0.2) is 11.5 Å². The normalized spacial score (nSPS) is 12.9. The van der Waals surface area contributed by atoms with Crippen LogP contribution in [0.2, 0.25) is 0 Å². The molecule has 19 heavy (non-hydrogen) atoms. The lowest BCUT2D eigenvalue weighted by atomic mass is 10.1. The Morgan fingerprint density at radius 2 is 2.16 bits per heavy atom. The van der Waals surface area contributed by atoms with Crippen molar-refractivity contribution in [1.29, 1.82) is 0 Å². The Hall–Kier alpha value is -1.23. The van der Waals surface area contributed by atoms with Crippen molar-refractivity contribution in [2.24, 2.45) is 0 Å². The predicted octanol–water partition coefficient (Wildman–Crippen LogP) is 4.37. The van der Waals surface area contributed by atoms with E-state index in [0.717, 1.165) is 6.54 Å². The number of thiophene rings is 2. The fourth-order valence-corrected chi connectivity index (χ4v) is 4.47. The minimum absolute atomic E-state index is 0.252. The van der Waals surface area contributed by atoms with Crippen molar-refractivity contribution < 1.29 is 0 Å². The zero-order chi connectivity index (χ0) is 13.2. The fourth-order valence-electron chi connectivity index (χ4n) is 2.25. The van der Waals surface area contributed by atoms with Crippen LogP contribution in [0.4, 0.5) is 0 Å². The molecule has 0 aliphatic heterocycles. The summed E-state index contributed by atoms with van der Waals surface area (Å²) in [6.07, 6.45) is 3.87. The molecule has 1 unspecified atom stereocenters. The van der Waals surface area contributed by atoms with Crippen LogP contribution in [0.3, 0.4) is 0 Å². The largest absolute Gasteiger partial charge is 0.306 e. The molecule has 3 aromatic heterocycles. The quantitative estimate of drug-likeness (QED) is 0.771. The van der Waals surface area contributed by atoms with Crippen LogP contribution in [0.1, 0.15) is 29.0 Å². The predicted molar refractivity (Wildman–Crippen MR) is 84.2 cm³/mol. The first-order valence-electron chi connectivity index (χ1n) is 6.40. The summed E-state index contributed by atoms with van der Waals surface area (Å²) in [5, 5.41) is 5.72. The van der Waals surface area contributed by atoms with Gasteiger partial charge in [0.25, 0.3) is 0 Å². The van der Waals surface area contributed by atoms with Crippen LogP contribution in [0.15, 0.2) is 36.0 Å². The second-order valence-corrected chi connectivity index (χ2v) is 6.65. The molecule has 1 N–H and O–H groups in total. The van der Waals surface area contributed by atoms with Crippen LogP contribution in [0.25, 0.3) is 9.40 Å². The van der Waals surface area contributed by atoms with E-state index in [-0.39, 0.29) is 6.04 Å². The molecule has 0 saturated carbocycles. The van der Waals surface area contributed by atoms with E-state index >= 15 is 0 Å². The van der Waals surface area contributed by atoms with Crippen LogP contribution >= 0.6 is 22.7 Å². The summed E-state index contributed by atoms with van der Waals surface area (Å²) in [6.45, 7) is 5.18. The van der Waals surface area contributed by atoms with Gasteiger partial charge in [0.05, 0.1) is 6.04 Å². The number of hydrogen-bond donors (Lipinski definition) is 1. The van der Waals surface area contributed by atoms with Crippen molar-refractivity contribution in [3.63, 3.8) is 0 Å². The number of fused-ring (bicyclic) bond motifs is 1. The highest BCUT2D eigenvalue weighted by atomic mass is 32.1. The standard InChI is InChI=1S/C15H16N2S2/c1-3-17-15(11-6-10(2)8-16-9-11)14-7-13-12(19-14)4-5-18-13/h4-9,15,17H,3H2,1-2H3. The Morgan fingerprint density at radius 1 is 1.26 bits per heavy atom. The molecule has 2 nitrogen and oxygen atoms in total. The summed E-state index contributed by atoms with van der Waals surface area (Å²) in [7, 11) is 0. The number of aromatic nitrogens is 1. The maximum atomic E-state index is 4.32. The first kappa shape index (κ1) is 12.8. The van der Waals surface area contributed by atoms with Gasteiger partial charge in [0.1, 0.15) is 0 Å². The van der Waals surface area contributed by atoms with Crippen molar-refractivity contribution in [2.75, 3.05) is 6.54 Å². The average molecular weight is 288 g/mol. The lowest BCUT2D eigenvalue weighted by molar-refractivity contribution is 0.637. The van der Waals surface area contributed by atoms with Gasteiger partial charge in [-0.05, 0) is 42.1 Å². The maximum absolute atomic E-state index is 4.32. The van der Waals surface area contributed by atoms with Crippen molar-refractivity contribution in [3.8, 4) is 0 Å². The fraction of sp³-hybridized carbons (Fsp3) is 0.267. The lowest BCUT2D eigenvalue weighted by Gasteiger charge is -2.16. The number of aryl methyl sites for hydroxylation is 1. The van der Waals surface area contributed by atoms with Crippen molar-refractivity contribution in [3.05, 3.63) is 52.0 Å². The van der Waals surface area contributed by atoms with E-state index < -0.39 is 0 Å². The zero-order valence-electron chi connectivity index (χ0n) is 11.0. The molecule has 0 radical (unpaired) electrons. The molecule has 1 atom stereocenters. The summed E-state index contributed by atoms with van der Waals surface area (Å²) >= 11 is 3.68. The Morgan fingerprint density at radius 3 is 2.89 bits per heavy atom. The molecule has 4 heteroatoms. The van der Waals surface area contributed by atoms with Crippen molar-refractivity contribution in [1.82, 2.24) is 10.3 Å². The lowest BCUT2D eigenvalue weighted by Crippen LogP contribution is -2.21. The highest BCUT2D eigenvalue weighted by molar-refractivity contribution is 7.27. The number of nitrogens with zero attached hydrogens (tertiary/aromatic N) is 1. The molecule has 0 fully saturated rings. The van der Waals surface area contributed by atoms with Gasteiger partial charge in [-0.1, -0.05) is 13.0 Å². The van der Waals surface area contributed by atoms with Gasteiger partial charge in [-0.3, -0.25) is 4.98 Å². The number of hydrogen-bond acceptors (Lipinski definition) is 4. The van der Waals surface area contributed by atoms with E-state index in [2.05, 4.69) is 47.7 Å². The minimum Gasteiger partial charge on any atom is -0.306 e. The van der Waals surface area contributed by atoms with Crippen LogP contribution in [0.5, 0.6) is 0 Å². The second kappa shape index (κ2) is 5.41. The summed E-state index contributed by atoms with van der Waals surface area (Å²) in [5.74, 6) is 0. The van der Waals surface area contributed by atoms with Gasteiger partial charge in [-0.15, -0.1) is 22.7 Å². The summed E-state index contributed by atoms with van der Waals surface area (Å²) in [5.41, 5.74) is 2.45. The Bertz CT molecular complexity index is 656. The van der Waals surface area contributed by atoms with Gasteiger partial charge in [0, 0.05) is 26.7 Å². The van der Waals surface area contributed by atoms with E-state index in [1.165, 1.54) is 25.4 Å². The zero-order valence-corrected chi connectivity index (χ0v) is 12.6. The second-order valence-electron chi connectivity index (χ2n) is 4.58. The first-order chi connectivity index (χ1) is 9.28. The molecule has 0 aliphatic rings. The van der Waals surface area contributed by atoms with Crippen LogP contribution in [-0.2, 0) is 0 Å². The minimum atomic E-state index is 0.252. The summed E-state index contributed by atoms with van der Waals surface area (Å²) in [4.78, 5) is 5.69. The maximum Gasteiger partial charge on any atom is 0.0686 e. The van der Waals surface area contributed by atoms with Gasteiger partial charge in [-0.2, -0.15) is 0 Å². The molecule has 0 amide bonds. The molecule has 98 valence electrons. The van der Waals surface area contributed by atoms with E-state index in [1.54, 1.807) is 0 Å². The molecule has 0 saturated heterocycles. The monoisotopic (exact) mass is 288 g/mol. The van der Waals surface area contributed by atoms with Crippen molar-refractivity contribution >= 4 is 32.1 Å². The molecule has 0 bridgehead atoms. The number of pyridine rings is 1. The van der Waals surface area contributed by atoms with Crippen LogP contribution < -0.4 is 5.32 Å². The third-order valence-electron chi connectivity index (χ3n) is 3.08. The molecule has 0 aromatic carbocycles. The van der Waals surface area contributed by atoms with Gasteiger partial charge in [0.2, 0.25) is 0 Å². The van der Waals surface area contributed by atoms with Gasteiger partial charge < -0.3 is 5.32 Å². The number of nitrogens with one attached hydrogen (secondary N) is 1. The third kappa shape index (κ3) is 2.56. The first-order valence-corrected chi connectivity index (χ1v) is 8.09. The highest BCUT2D eigenvalue weighted by Gasteiger charge is 2.16. The third-order valence-corrected chi connectivity index (χ3v) is 5.24. The van der Waals surface area contributed by atoms with E-state index in [1.807, 2.05) is 35.1 Å². The van der Waals surface area contributed by atoms with E-state index in [9.17, 15) is 0 Å². The smallest absolute Gasteiger partial charge is 0.0686 e. The number of rotatable bonds is 4. The Kier molecular flexibility index (Phi) is 3.64. The Balaban J connectivity index is 2.02. The SMILES string of the molecule is CCNC(c1cncc(C)c1)c1cc2sccc2s1. The average Bonchev–Trinajstić information content (AvgIpc) is 2.96. The van der Waals surface area contributed by atoms with E-state index in [0.29, 0.717) is 0 Å². The van der Waals surface area contributed by atoms with E-state index in [4.69, 9.17) is 0 Å². The molecule has 0 aliphatic carbocycles. The van der Waals surface area contributed by atoms with Gasteiger partial charge >= 0.3 is 0 Å². The topological polar surface area (TPSA) is 24.9 Å². The molecule has 0 spiro atoms.